The summed E-state index contributed by atoms with van der Waals surface area (Å²) in [4.78, 5) is 20.5. The molecule has 2 rings (SSSR count). The van der Waals surface area contributed by atoms with Crippen LogP contribution in [0.1, 0.15) is 34.2 Å². The molecule has 21 heavy (non-hydrogen) atoms. The highest BCUT2D eigenvalue weighted by molar-refractivity contribution is 5.96. The fraction of sp³-hybridized carbons (Fsp3) is 0.312. The zero-order chi connectivity index (χ0) is 15.2. The van der Waals surface area contributed by atoms with E-state index in [2.05, 4.69) is 27.4 Å². The largest absolute Gasteiger partial charge is 0.368 e. The van der Waals surface area contributed by atoms with Crippen LogP contribution in [-0.2, 0) is 12.8 Å². The average molecular weight is 284 g/mol. The molecule has 0 saturated carbocycles. The lowest BCUT2D eigenvalue weighted by atomic mass is 10.0. The van der Waals surface area contributed by atoms with Crippen molar-refractivity contribution in [2.24, 2.45) is 0 Å². The monoisotopic (exact) mass is 284 g/mol. The topological polar surface area (TPSA) is 80.9 Å². The van der Waals surface area contributed by atoms with Crippen molar-refractivity contribution in [2.45, 2.75) is 26.7 Å². The van der Waals surface area contributed by atoms with E-state index in [1.807, 2.05) is 25.1 Å². The summed E-state index contributed by atoms with van der Waals surface area (Å²) in [7, 11) is 0. The lowest BCUT2D eigenvalue weighted by molar-refractivity contribution is 0.0953. The number of carbonyl (C=O) groups excluding carboxylic acids is 1. The van der Waals surface area contributed by atoms with Gasteiger partial charge in [0.2, 0.25) is 5.95 Å². The molecule has 0 saturated heterocycles. The third-order valence-electron chi connectivity index (χ3n) is 3.24. The van der Waals surface area contributed by atoms with Gasteiger partial charge in [-0.2, -0.15) is 0 Å². The van der Waals surface area contributed by atoms with E-state index in [0.717, 1.165) is 6.42 Å². The number of hydrogen-bond acceptors (Lipinski definition) is 4. The molecule has 5 heteroatoms. The van der Waals surface area contributed by atoms with Gasteiger partial charge in [-0.05, 0) is 32.3 Å². The Kier molecular flexibility index (Phi) is 4.87. The van der Waals surface area contributed by atoms with Gasteiger partial charge >= 0.3 is 0 Å². The lowest BCUT2D eigenvalue weighted by Gasteiger charge is -2.11. The van der Waals surface area contributed by atoms with E-state index in [1.165, 1.54) is 5.56 Å². The van der Waals surface area contributed by atoms with Gasteiger partial charge in [-0.15, -0.1) is 0 Å². The Labute approximate surface area is 124 Å². The van der Waals surface area contributed by atoms with Crippen LogP contribution >= 0.6 is 0 Å². The second kappa shape index (κ2) is 6.83. The molecule has 1 heterocycles. The van der Waals surface area contributed by atoms with Crippen LogP contribution in [-0.4, -0.2) is 22.4 Å². The van der Waals surface area contributed by atoms with E-state index < -0.39 is 0 Å². The number of hydrogen-bond donors (Lipinski definition) is 2. The molecular weight excluding hydrogens is 264 g/mol. The molecule has 1 amide bonds. The third-order valence-corrected chi connectivity index (χ3v) is 3.24. The number of nitrogens with one attached hydrogen (secondary N) is 1. The van der Waals surface area contributed by atoms with Crippen LogP contribution in [0, 0.1) is 6.92 Å². The quantitative estimate of drug-likeness (QED) is 0.878. The second-order valence-corrected chi connectivity index (χ2v) is 4.83. The van der Waals surface area contributed by atoms with Gasteiger partial charge in [0.25, 0.3) is 5.91 Å². The summed E-state index contributed by atoms with van der Waals surface area (Å²) in [6, 6.07) is 10.1. The molecule has 0 fully saturated rings. The summed E-state index contributed by atoms with van der Waals surface area (Å²) in [5, 5.41) is 2.80. The maximum atomic E-state index is 12.2. The van der Waals surface area contributed by atoms with Gasteiger partial charge in [-0.1, -0.05) is 30.3 Å². The van der Waals surface area contributed by atoms with Crippen molar-refractivity contribution in [1.82, 2.24) is 15.3 Å². The Morgan fingerprint density at radius 1 is 1.19 bits per heavy atom. The van der Waals surface area contributed by atoms with E-state index in [1.54, 1.807) is 6.92 Å². The molecule has 0 spiro atoms. The van der Waals surface area contributed by atoms with Crippen LogP contribution < -0.4 is 11.1 Å². The smallest absolute Gasteiger partial charge is 0.254 e. The number of nitrogen functional groups attached to an aromatic ring is 1. The summed E-state index contributed by atoms with van der Waals surface area (Å²) in [5.41, 5.74) is 8.79. The van der Waals surface area contributed by atoms with E-state index in [4.69, 9.17) is 5.73 Å². The van der Waals surface area contributed by atoms with Crippen molar-refractivity contribution in [2.75, 3.05) is 12.3 Å². The van der Waals surface area contributed by atoms with E-state index in [-0.39, 0.29) is 11.9 Å². The highest BCUT2D eigenvalue weighted by Crippen LogP contribution is 2.15. The average Bonchev–Trinajstić information content (AvgIpc) is 2.45. The lowest BCUT2D eigenvalue weighted by Crippen LogP contribution is -2.26. The van der Waals surface area contributed by atoms with Crippen molar-refractivity contribution < 1.29 is 4.79 Å². The number of nitrogens with zero attached hydrogens (tertiary/aromatic N) is 2. The Morgan fingerprint density at radius 3 is 2.57 bits per heavy atom. The van der Waals surface area contributed by atoms with E-state index in [0.29, 0.717) is 29.9 Å². The highest BCUT2D eigenvalue weighted by Gasteiger charge is 2.17. The Bertz CT molecular complexity index is 626. The first-order valence-corrected chi connectivity index (χ1v) is 7.07. The van der Waals surface area contributed by atoms with Crippen LogP contribution in [0.2, 0.25) is 0 Å². The SMILES string of the molecule is CCNC(=O)c1c(C)nc(N)nc1CCc1ccccc1. The Morgan fingerprint density at radius 2 is 1.90 bits per heavy atom. The zero-order valence-electron chi connectivity index (χ0n) is 12.4. The van der Waals surface area contributed by atoms with Gasteiger partial charge in [0.15, 0.2) is 0 Å². The fourth-order valence-electron chi connectivity index (χ4n) is 2.29. The number of benzene rings is 1. The van der Waals surface area contributed by atoms with Crippen molar-refractivity contribution in [3.05, 3.63) is 52.8 Å². The van der Waals surface area contributed by atoms with Gasteiger partial charge in [-0.25, -0.2) is 9.97 Å². The molecular formula is C16H20N4O. The minimum absolute atomic E-state index is 0.141. The Balaban J connectivity index is 2.26. The van der Waals surface area contributed by atoms with Gasteiger partial charge in [0, 0.05) is 6.54 Å². The van der Waals surface area contributed by atoms with Crippen LogP contribution in [0.5, 0.6) is 0 Å². The zero-order valence-corrected chi connectivity index (χ0v) is 12.4. The summed E-state index contributed by atoms with van der Waals surface area (Å²) < 4.78 is 0. The highest BCUT2D eigenvalue weighted by atomic mass is 16.1. The van der Waals surface area contributed by atoms with Crippen LogP contribution in [0.3, 0.4) is 0 Å². The van der Waals surface area contributed by atoms with Crippen molar-refractivity contribution in [3.8, 4) is 0 Å². The number of carbonyl (C=O) groups is 1. The van der Waals surface area contributed by atoms with Gasteiger partial charge in [0.05, 0.1) is 17.0 Å². The normalized spacial score (nSPS) is 10.4. The molecule has 0 aliphatic rings. The van der Waals surface area contributed by atoms with Crippen LogP contribution in [0.4, 0.5) is 5.95 Å². The third kappa shape index (κ3) is 3.78. The maximum absolute atomic E-state index is 12.2. The molecule has 0 unspecified atom stereocenters. The number of aromatic nitrogens is 2. The molecule has 2 aromatic rings. The van der Waals surface area contributed by atoms with Crippen LogP contribution in [0.15, 0.2) is 30.3 Å². The summed E-state index contributed by atoms with van der Waals surface area (Å²) >= 11 is 0. The first-order valence-electron chi connectivity index (χ1n) is 7.07. The molecule has 0 aliphatic heterocycles. The van der Waals surface area contributed by atoms with Gasteiger partial charge in [-0.3, -0.25) is 4.79 Å². The summed E-state index contributed by atoms with van der Waals surface area (Å²) in [6.07, 6.45) is 1.47. The molecule has 3 N–H and O–H groups in total. The number of aryl methyl sites for hydroxylation is 3. The first-order chi connectivity index (χ1) is 10.1. The predicted octanol–water partition coefficient (Wildman–Crippen LogP) is 1.90. The van der Waals surface area contributed by atoms with Crippen molar-refractivity contribution in [1.29, 1.82) is 0 Å². The first kappa shape index (κ1) is 15.0. The fourth-order valence-corrected chi connectivity index (χ4v) is 2.29. The standard InChI is InChI=1S/C16H20N4O/c1-3-18-15(21)14-11(2)19-16(17)20-13(14)10-9-12-7-5-4-6-8-12/h4-8H,3,9-10H2,1-2H3,(H,18,21)(H2,17,19,20). The molecule has 0 bridgehead atoms. The minimum Gasteiger partial charge on any atom is -0.368 e. The molecule has 5 nitrogen and oxygen atoms in total. The maximum Gasteiger partial charge on any atom is 0.254 e. The molecule has 110 valence electrons. The summed E-state index contributed by atoms with van der Waals surface area (Å²) in [5.74, 6) is 0.0710. The molecule has 1 aromatic heterocycles. The number of nitrogens with two attached hydrogens (primary N) is 1. The van der Waals surface area contributed by atoms with Crippen LogP contribution in [0.25, 0.3) is 0 Å². The second-order valence-electron chi connectivity index (χ2n) is 4.83. The van der Waals surface area contributed by atoms with E-state index in [9.17, 15) is 4.79 Å². The number of anilines is 1. The van der Waals surface area contributed by atoms with E-state index >= 15 is 0 Å². The molecule has 0 atom stereocenters. The van der Waals surface area contributed by atoms with Gasteiger partial charge in [0.1, 0.15) is 0 Å². The molecule has 0 aliphatic carbocycles. The van der Waals surface area contributed by atoms with Crippen molar-refractivity contribution in [3.63, 3.8) is 0 Å². The minimum atomic E-state index is -0.141. The molecule has 1 aromatic carbocycles. The Hall–Kier alpha value is -2.43. The predicted molar refractivity (Wildman–Crippen MR) is 83.0 cm³/mol. The number of amides is 1. The molecule has 0 radical (unpaired) electrons. The summed E-state index contributed by atoms with van der Waals surface area (Å²) in [6.45, 7) is 4.24. The van der Waals surface area contributed by atoms with Gasteiger partial charge < -0.3 is 11.1 Å². The number of rotatable bonds is 5. The van der Waals surface area contributed by atoms with Crippen molar-refractivity contribution >= 4 is 11.9 Å².